The van der Waals surface area contributed by atoms with Crippen LogP contribution in [-0.2, 0) is 4.74 Å². The summed E-state index contributed by atoms with van der Waals surface area (Å²) in [6.45, 7) is 3.83. The van der Waals surface area contributed by atoms with Crippen molar-refractivity contribution in [1.29, 1.82) is 0 Å². The zero-order valence-corrected chi connectivity index (χ0v) is 13.1. The van der Waals surface area contributed by atoms with E-state index in [2.05, 4.69) is 25.2 Å². The van der Waals surface area contributed by atoms with Gasteiger partial charge in [0.25, 0.3) is 0 Å². The molecule has 6 heteroatoms. The third kappa shape index (κ3) is 3.18. The van der Waals surface area contributed by atoms with Crippen LogP contribution in [0.1, 0.15) is 12.8 Å². The first-order valence-electron chi connectivity index (χ1n) is 8.23. The van der Waals surface area contributed by atoms with Crippen molar-refractivity contribution < 1.29 is 4.74 Å². The molecular formula is C17H21N5O. The molecule has 0 bridgehead atoms. The van der Waals surface area contributed by atoms with Crippen LogP contribution in [-0.4, -0.2) is 58.2 Å². The predicted molar refractivity (Wildman–Crippen MR) is 88.1 cm³/mol. The highest BCUT2D eigenvalue weighted by molar-refractivity contribution is 5.54. The third-order valence-electron chi connectivity index (χ3n) is 4.56. The number of hydrogen-bond donors (Lipinski definition) is 1. The molecule has 23 heavy (non-hydrogen) atoms. The second kappa shape index (κ2) is 6.60. The summed E-state index contributed by atoms with van der Waals surface area (Å²) in [6.07, 6.45) is 6.13. The number of aromatic nitrogens is 3. The Balaban J connectivity index is 1.50. The molecule has 2 fully saturated rings. The minimum atomic E-state index is 0.243. The second-order valence-electron chi connectivity index (χ2n) is 6.08. The van der Waals surface area contributed by atoms with Crippen LogP contribution in [0.2, 0.25) is 0 Å². The lowest BCUT2D eigenvalue weighted by Gasteiger charge is -2.27. The number of likely N-dealkylation sites (tertiary alicyclic amines) is 1. The molecule has 2 atom stereocenters. The maximum absolute atomic E-state index is 5.70. The van der Waals surface area contributed by atoms with Crippen molar-refractivity contribution in [2.24, 2.45) is 0 Å². The molecular weight excluding hydrogens is 290 g/mol. The molecule has 0 saturated carbocycles. The number of hydrogen-bond acceptors (Lipinski definition) is 6. The maximum atomic E-state index is 5.70. The average Bonchev–Trinajstić information content (AvgIpc) is 3.27. The van der Waals surface area contributed by atoms with Crippen LogP contribution in [0.25, 0.3) is 11.4 Å². The Bertz CT molecular complexity index is 644. The number of ether oxygens (including phenoxy) is 1. The molecule has 2 aromatic rings. The van der Waals surface area contributed by atoms with Crippen molar-refractivity contribution in [3.63, 3.8) is 0 Å². The maximum Gasteiger partial charge on any atom is 0.223 e. The smallest absolute Gasteiger partial charge is 0.223 e. The van der Waals surface area contributed by atoms with Gasteiger partial charge in [-0.05, 0) is 44.1 Å². The first-order chi connectivity index (χ1) is 11.4. The van der Waals surface area contributed by atoms with Crippen LogP contribution < -0.4 is 5.32 Å². The number of rotatable bonds is 4. The molecule has 4 heterocycles. The summed E-state index contributed by atoms with van der Waals surface area (Å²) in [4.78, 5) is 15.8. The standard InChI is InChI=1S/C17H21N5O/c1-2-7-18-13(5-1)14-6-8-19-17(20-14)21-15-11-23-12-16(15)22-9-3-4-10-22/h1-2,5-8,15-16H,3-4,9-12H2,(H,19,20,21)/t15-,16-/m0/s1. The molecule has 0 aromatic carbocycles. The Hall–Kier alpha value is -2.05. The van der Waals surface area contributed by atoms with Gasteiger partial charge in [-0.1, -0.05) is 6.07 Å². The molecule has 6 nitrogen and oxygen atoms in total. The van der Waals surface area contributed by atoms with Gasteiger partial charge in [-0.3, -0.25) is 9.88 Å². The molecule has 2 aliphatic heterocycles. The number of nitrogens with zero attached hydrogens (tertiary/aromatic N) is 4. The monoisotopic (exact) mass is 311 g/mol. The van der Waals surface area contributed by atoms with E-state index < -0.39 is 0 Å². The Morgan fingerprint density at radius 2 is 1.91 bits per heavy atom. The minimum absolute atomic E-state index is 0.243. The van der Waals surface area contributed by atoms with Crippen molar-refractivity contribution >= 4 is 5.95 Å². The van der Waals surface area contributed by atoms with Crippen molar-refractivity contribution in [1.82, 2.24) is 19.9 Å². The van der Waals surface area contributed by atoms with E-state index in [0.29, 0.717) is 18.6 Å². The summed E-state index contributed by atoms with van der Waals surface area (Å²) >= 11 is 0. The molecule has 2 aromatic heterocycles. The highest BCUT2D eigenvalue weighted by Crippen LogP contribution is 2.22. The summed E-state index contributed by atoms with van der Waals surface area (Å²) in [6, 6.07) is 8.37. The lowest BCUT2D eigenvalue weighted by molar-refractivity contribution is 0.159. The van der Waals surface area contributed by atoms with E-state index in [4.69, 9.17) is 4.74 Å². The van der Waals surface area contributed by atoms with E-state index in [0.717, 1.165) is 18.0 Å². The van der Waals surface area contributed by atoms with Gasteiger partial charge in [-0.2, -0.15) is 0 Å². The SMILES string of the molecule is c1ccc(-c2ccnc(N[C@H]3COC[C@@H]3N3CCCC3)n2)nc1. The van der Waals surface area contributed by atoms with Crippen LogP contribution in [0, 0.1) is 0 Å². The van der Waals surface area contributed by atoms with E-state index >= 15 is 0 Å². The fourth-order valence-electron chi connectivity index (χ4n) is 3.36. The van der Waals surface area contributed by atoms with E-state index in [1.54, 1.807) is 12.4 Å². The topological polar surface area (TPSA) is 63.2 Å². The molecule has 1 N–H and O–H groups in total. The number of pyridine rings is 1. The van der Waals surface area contributed by atoms with Crippen molar-refractivity contribution in [3.8, 4) is 11.4 Å². The zero-order valence-electron chi connectivity index (χ0n) is 13.1. The minimum Gasteiger partial charge on any atom is -0.378 e. The summed E-state index contributed by atoms with van der Waals surface area (Å²) in [7, 11) is 0. The van der Waals surface area contributed by atoms with Gasteiger partial charge in [-0.15, -0.1) is 0 Å². The molecule has 0 spiro atoms. The quantitative estimate of drug-likeness (QED) is 0.929. The third-order valence-corrected chi connectivity index (χ3v) is 4.56. The highest BCUT2D eigenvalue weighted by Gasteiger charge is 2.34. The van der Waals surface area contributed by atoms with E-state index in [1.807, 2.05) is 24.3 Å². The molecule has 2 aliphatic rings. The van der Waals surface area contributed by atoms with Crippen LogP contribution in [0.3, 0.4) is 0 Å². The first kappa shape index (κ1) is 14.5. The first-order valence-corrected chi connectivity index (χ1v) is 8.23. The van der Waals surface area contributed by atoms with E-state index in [-0.39, 0.29) is 6.04 Å². The van der Waals surface area contributed by atoms with Crippen LogP contribution in [0.15, 0.2) is 36.7 Å². The summed E-state index contributed by atoms with van der Waals surface area (Å²) in [5.41, 5.74) is 1.69. The lowest BCUT2D eigenvalue weighted by atomic mass is 10.1. The van der Waals surface area contributed by atoms with Crippen molar-refractivity contribution in [2.45, 2.75) is 24.9 Å². The number of nitrogens with one attached hydrogen (secondary N) is 1. The van der Waals surface area contributed by atoms with Crippen LogP contribution >= 0.6 is 0 Å². The van der Waals surface area contributed by atoms with Gasteiger partial charge in [-0.25, -0.2) is 9.97 Å². The van der Waals surface area contributed by atoms with Crippen molar-refractivity contribution in [2.75, 3.05) is 31.6 Å². The van der Waals surface area contributed by atoms with Gasteiger partial charge in [0.15, 0.2) is 0 Å². The van der Waals surface area contributed by atoms with Gasteiger partial charge in [0.1, 0.15) is 0 Å². The summed E-state index contributed by atoms with van der Waals surface area (Å²) in [5.74, 6) is 0.646. The van der Waals surface area contributed by atoms with E-state index in [9.17, 15) is 0 Å². The Kier molecular flexibility index (Phi) is 4.17. The van der Waals surface area contributed by atoms with Crippen LogP contribution in [0.5, 0.6) is 0 Å². The van der Waals surface area contributed by atoms with Crippen LogP contribution in [0.4, 0.5) is 5.95 Å². The zero-order chi connectivity index (χ0) is 15.5. The van der Waals surface area contributed by atoms with Gasteiger partial charge < -0.3 is 10.1 Å². The van der Waals surface area contributed by atoms with Gasteiger partial charge >= 0.3 is 0 Å². The van der Waals surface area contributed by atoms with Gasteiger partial charge in [0, 0.05) is 12.4 Å². The molecule has 120 valence electrons. The predicted octanol–water partition coefficient (Wildman–Crippen LogP) is 1.81. The molecule has 0 radical (unpaired) electrons. The average molecular weight is 311 g/mol. The molecule has 4 rings (SSSR count). The fraction of sp³-hybridized carbons (Fsp3) is 0.471. The summed E-state index contributed by atoms with van der Waals surface area (Å²) in [5, 5.41) is 3.46. The molecule has 0 aliphatic carbocycles. The largest absolute Gasteiger partial charge is 0.378 e. The van der Waals surface area contributed by atoms with Gasteiger partial charge in [0.2, 0.25) is 5.95 Å². The molecule has 0 amide bonds. The number of anilines is 1. The molecule has 2 saturated heterocycles. The van der Waals surface area contributed by atoms with E-state index in [1.165, 1.54) is 25.9 Å². The normalized spacial score (nSPS) is 24.9. The Morgan fingerprint density at radius 3 is 2.74 bits per heavy atom. The Labute approximate surface area is 135 Å². The fourth-order valence-corrected chi connectivity index (χ4v) is 3.36. The second-order valence-corrected chi connectivity index (χ2v) is 6.08. The Morgan fingerprint density at radius 1 is 1.00 bits per heavy atom. The summed E-state index contributed by atoms with van der Waals surface area (Å²) < 4.78 is 5.70. The lowest BCUT2D eigenvalue weighted by Crippen LogP contribution is -2.45. The van der Waals surface area contributed by atoms with Crippen molar-refractivity contribution in [3.05, 3.63) is 36.7 Å². The highest BCUT2D eigenvalue weighted by atomic mass is 16.5. The molecule has 0 unspecified atom stereocenters. The van der Waals surface area contributed by atoms with Gasteiger partial charge in [0.05, 0.1) is 36.7 Å².